The van der Waals surface area contributed by atoms with Gasteiger partial charge in [-0.3, -0.25) is 4.79 Å². The van der Waals surface area contributed by atoms with Crippen molar-refractivity contribution >= 4 is 16.8 Å². The fraction of sp³-hybridized carbons (Fsp3) is 0.516. The van der Waals surface area contributed by atoms with Gasteiger partial charge in [-0.1, -0.05) is 43.5 Å². The van der Waals surface area contributed by atoms with Crippen LogP contribution in [0.4, 0.5) is 4.39 Å². The second kappa shape index (κ2) is 11.2. The van der Waals surface area contributed by atoms with Crippen molar-refractivity contribution in [2.45, 2.75) is 95.7 Å². The third kappa shape index (κ3) is 5.83. The number of amides is 1. The third-order valence-electron chi connectivity index (χ3n) is 8.37. The second-order valence-corrected chi connectivity index (χ2v) is 11.3. The van der Waals surface area contributed by atoms with Crippen LogP contribution in [0.5, 0.6) is 0 Å². The molecule has 1 heterocycles. The highest BCUT2D eigenvalue weighted by Crippen LogP contribution is 2.37. The predicted octanol–water partition coefficient (Wildman–Crippen LogP) is 6.58. The van der Waals surface area contributed by atoms with Crippen LogP contribution in [0.1, 0.15) is 86.8 Å². The Morgan fingerprint density at radius 3 is 2.56 bits per heavy atom. The lowest BCUT2D eigenvalue weighted by atomic mass is 9.86. The largest absolute Gasteiger partial charge is 0.353 e. The van der Waals surface area contributed by atoms with E-state index in [-0.39, 0.29) is 29.7 Å². The Morgan fingerprint density at radius 1 is 1.06 bits per heavy atom. The van der Waals surface area contributed by atoms with Crippen molar-refractivity contribution in [3.8, 4) is 0 Å². The average molecular weight is 490 g/mol. The SMILES string of the molecule is Cc1cc(F)cc(C(CC(=O)NC2CCC(N)CC2)c2cn(CC3CCCCC3)c3ccccc23)c1. The zero-order chi connectivity index (χ0) is 25.1. The van der Waals surface area contributed by atoms with Gasteiger partial charge in [0.15, 0.2) is 0 Å². The van der Waals surface area contributed by atoms with Gasteiger partial charge in [-0.05, 0) is 86.3 Å². The Hall–Kier alpha value is -2.66. The van der Waals surface area contributed by atoms with E-state index in [0.29, 0.717) is 12.3 Å². The van der Waals surface area contributed by atoms with Gasteiger partial charge in [0.1, 0.15) is 5.82 Å². The van der Waals surface area contributed by atoms with Crippen LogP contribution in [-0.2, 0) is 11.3 Å². The smallest absolute Gasteiger partial charge is 0.221 e. The normalized spacial score (nSPS) is 22.0. The summed E-state index contributed by atoms with van der Waals surface area (Å²) in [7, 11) is 0. The highest BCUT2D eigenvalue weighted by atomic mass is 19.1. The molecule has 1 aromatic heterocycles. The number of nitrogens with two attached hydrogens (primary N) is 1. The van der Waals surface area contributed by atoms with E-state index in [2.05, 4.69) is 40.3 Å². The lowest BCUT2D eigenvalue weighted by Gasteiger charge is -2.27. The molecular weight excluding hydrogens is 449 g/mol. The first-order valence-electron chi connectivity index (χ1n) is 13.9. The minimum atomic E-state index is -0.248. The van der Waals surface area contributed by atoms with Crippen molar-refractivity contribution in [2.75, 3.05) is 0 Å². The molecule has 2 fully saturated rings. The number of carbonyl (C=O) groups excluding carboxylic acids is 1. The number of nitrogens with one attached hydrogen (secondary N) is 1. The zero-order valence-electron chi connectivity index (χ0n) is 21.5. The molecule has 1 amide bonds. The highest BCUT2D eigenvalue weighted by molar-refractivity contribution is 5.86. The predicted molar refractivity (Wildman–Crippen MR) is 144 cm³/mol. The number of fused-ring (bicyclic) bond motifs is 1. The molecule has 3 N–H and O–H groups in total. The van der Waals surface area contributed by atoms with E-state index in [1.54, 1.807) is 12.1 Å². The van der Waals surface area contributed by atoms with Gasteiger partial charge >= 0.3 is 0 Å². The number of aromatic nitrogens is 1. The Kier molecular flexibility index (Phi) is 7.76. The Labute approximate surface area is 214 Å². The quantitative estimate of drug-likeness (QED) is 0.394. The van der Waals surface area contributed by atoms with Gasteiger partial charge in [0.05, 0.1) is 0 Å². The first-order valence-corrected chi connectivity index (χ1v) is 13.9. The maximum absolute atomic E-state index is 14.6. The lowest BCUT2D eigenvalue weighted by Crippen LogP contribution is -2.40. The van der Waals surface area contributed by atoms with Gasteiger partial charge in [-0.2, -0.15) is 0 Å². The summed E-state index contributed by atoms with van der Waals surface area (Å²) in [6, 6.07) is 14.1. The molecule has 2 saturated carbocycles. The molecular formula is C31H40FN3O. The van der Waals surface area contributed by atoms with Crippen LogP contribution in [0.25, 0.3) is 10.9 Å². The maximum atomic E-state index is 14.6. The van der Waals surface area contributed by atoms with E-state index in [1.807, 2.05) is 13.0 Å². The number of hydrogen-bond acceptors (Lipinski definition) is 2. The molecule has 2 aliphatic carbocycles. The van der Waals surface area contributed by atoms with E-state index in [4.69, 9.17) is 5.73 Å². The van der Waals surface area contributed by atoms with Gasteiger partial charge in [0.25, 0.3) is 0 Å². The summed E-state index contributed by atoms with van der Waals surface area (Å²) in [5.74, 6) is 0.273. The van der Waals surface area contributed by atoms with Crippen molar-refractivity contribution in [2.24, 2.45) is 11.7 Å². The van der Waals surface area contributed by atoms with Crippen molar-refractivity contribution in [1.29, 1.82) is 0 Å². The molecule has 2 aliphatic rings. The fourth-order valence-corrected chi connectivity index (χ4v) is 6.46. The molecule has 0 saturated heterocycles. The number of nitrogens with zero attached hydrogens (tertiary/aromatic N) is 1. The van der Waals surface area contributed by atoms with Crippen LogP contribution < -0.4 is 11.1 Å². The first kappa shape index (κ1) is 25.0. The molecule has 1 atom stereocenters. The van der Waals surface area contributed by atoms with E-state index in [9.17, 15) is 9.18 Å². The summed E-state index contributed by atoms with van der Waals surface area (Å²) in [5.41, 5.74) is 10.1. The maximum Gasteiger partial charge on any atom is 0.221 e. The molecule has 0 spiro atoms. The Bertz CT molecular complexity index is 1170. The topological polar surface area (TPSA) is 60.1 Å². The lowest BCUT2D eigenvalue weighted by molar-refractivity contribution is -0.122. The Morgan fingerprint density at radius 2 is 1.81 bits per heavy atom. The van der Waals surface area contributed by atoms with Gasteiger partial charge in [-0.25, -0.2) is 4.39 Å². The van der Waals surface area contributed by atoms with Crippen LogP contribution in [0.3, 0.4) is 0 Å². The van der Waals surface area contributed by atoms with Crippen LogP contribution in [0, 0.1) is 18.7 Å². The number of carbonyl (C=O) groups is 1. The van der Waals surface area contributed by atoms with Crippen molar-refractivity contribution in [3.05, 3.63) is 71.2 Å². The van der Waals surface area contributed by atoms with E-state index in [1.165, 1.54) is 37.6 Å². The summed E-state index contributed by atoms with van der Waals surface area (Å²) >= 11 is 0. The Balaban J connectivity index is 1.47. The number of benzene rings is 2. The van der Waals surface area contributed by atoms with Crippen LogP contribution >= 0.6 is 0 Å². The number of rotatable bonds is 7. The molecule has 2 aromatic carbocycles. The van der Waals surface area contributed by atoms with Crippen LogP contribution in [-0.4, -0.2) is 22.6 Å². The molecule has 0 bridgehead atoms. The summed E-state index contributed by atoms with van der Waals surface area (Å²) < 4.78 is 17.0. The molecule has 5 rings (SSSR count). The number of hydrogen-bond donors (Lipinski definition) is 2. The monoisotopic (exact) mass is 489 g/mol. The second-order valence-electron chi connectivity index (χ2n) is 11.3. The number of aryl methyl sites for hydroxylation is 1. The summed E-state index contributed by atoms with van der Waals surface area (Å²) in [5, 5.41) is 4.43. The van der Waals surface area contributed by atoms with Gasteiger partial charge in [0, 0.05) is 48.1 Å². The summed E-state index contributed by atoms with van der Waals surface area (Å²) in [6.45, 7) is 2.92. The van der Waals surface area contributed by atoms with Gasteiger partial charge in [0.2, 0.25) is 5.91 Å². The van der Waals surface area contributed by atoms with E-state index in [0.717, 1.165) is 54.3 Å². The van der Waals surface area contributed by atoms with E-state index < -0.39 is 0 Å². The molecule has 0 radical (unpaired) electrons. The van der Waals surface area contributed by atoms with Crippen molar-refractivity contribution in [1.82, 2.24) is 9.88 Å². The molecule has 36 heavy (non-hydrogen) atoms. The fourth-order valence-electron chi connectivity index (χ4n) is 6.46. The molecule has 192 valence electrons. The van der Waals surface area contributed by atoms with Gasteiger partial charge in [-0.15, -0.1) is 0 Å². The first-order chi connectivity index (χ1) is 17.5. The molecule has 0 aliphatic heterocycles. The van der Waals surface area contributed by atoms with Crippen LogP contribution in [0.15, 0.2) is 48.7 Å². The summed E-state index contributed by atoms with van der Waals surface area (Å²) in [6.07, 6.45) is 12.8. The van der Waals surface area contributed by atoms with Crippen molar-refractivity contribution in [3.63, 3.8) is 0 Å². The standard InChI is InChI=1S/C31H40FN3O/c1-21-15-23(17-24(32)16-21)28(18-31(36)34-26-13-11-25(33)12-14-26)29-20-35(19-22-7-3-2-4-8-22)30-10-6-5-9-27(29)30/h5-6,9-10,15-17,20,22,25-26,28H,2-4,7-8,11-14,18-19,33H2,1H3,(H,34,36). The molecule has 3 aromatic rings. The number of halogens is 1. The minimum absolute atomic E-state index is 0.0338. The highest BCUT2D eigenvalue weighted by Gasteiger charge is 2.26. The molecule has 1 unspecified atom stereocenters. The zero-order valence-corrected chi connectivity index (χ0v) is 21.5. The van der Waals surface area contributed by atoms with E-state index >= 15 is 0 Å². The minimum Gasteiger partial charge on any atom is -0.353 e. The molecule has 5 heteroatoms. The third-order valence-corrected chi connectivity index (χ3v) is 8.37. The number of para-hydroxylation sites is 1. The van der Waals surface area contributed by atoms with Crippen molar-refractivity contribution < 1.29 is 9.18 Å². The van der Waals surface area contributed by atoms with Gasteiger partial charge < -0.3 is 15.6 Å². The molecule has 4 nitrogen and oxygen atoms in total. The van der Waals surface area contributed by atoms with Crippen LogP contribution in [0.2, 0.25) is 0 Å². The summed E-state index contributed by atoms with van der Waals surface area (Å²) in [4.78, 5) is 13.3. The average Bonchev–Trinajstić information content (AvgIpc) is 3.22.